The summed E-state index contributed by atoms with van der Waals surface area (Å²) in [5, 5.41) is 4.46. The van der Waals surface area contributed by atoms with E-state index >= 15 is 0 Å². The summed E-state index contributed by atoms with van der Waals surface area (Å²) in [6.45, 7) is 1.59. The molecule has 2 N–H and O–H groups in total. The molecular formula is C18H13FN6O. The fourth-order valence-electron chi connectivity index (χ4n) is 2.68. The molecule has 8 heteroatoms. The molecule has 1 amide bonds. The molecule has 0 aliphatic rings. The van der Waals surface area contributed by atoms with Gasteiger partial charge in [-0.2, -0.15) is 5.10 Å². The quantitative estimate of drug-likeness (QED) is 0.613. The van der Waals surface area contributed by atoms with Crippen LogP contribution in [0.4, 0.5) is 4.39 Å². The molecule has 0 aliphatic heterocycles. The van der Waals surface area contributed by atoms with E-state index in [1.165, 1.54) is 16.8 Å². The molecule has 4 aromatic heterocycles. The summed E-state index contributed by atoms with van der Waals surface area (Å²) in [7, 11) is 0. The molecule has 0 aliphatic carbocycles. The summed E-state index contributed by atoms with van der Waals surface area (Å²) < 4.78 is 14.9. The number of hydrogen-bond donors (Lipinski definition) is 1. The van der Waals surface area contributed by atoms with Crippen LogP contribution in [0.1, 0.15) is 16.2 Å². The van der Waals surface area contributed by atoms with E-state index in [1.54, 1.807) is 37.4 Å². The van der Waals surface area contributed by atoms with Crippen LogP contribution in [0.3, 0.4) is 0 Å². The number of halogens is 1. The number of carbonyl (C=O) groups is 1. The number of rotatable bonds is 3. The lowest BCUT2D eigenvalue weighted by Gasteiger charge is -2.09. The fourth-order valence-corrected chi connectivity index (χ4v) is 2.68. The van der Waals surface area contributed by atoms with Gasteiger partial charge < -0.3 is 5.73 Å². The van der Waals surface area contributed by atoms with Crippen molar-refractivity contribution in [3.8, 4) is 22.6 Å². The minimum absolute atomic E-state index is 0.183. The summed E-state index contributed by atoms with van der Waals surface area (Å²) in [6, 6.07) is 10.0. The summed E-state index contributed by atoms with van der Waals surface area (Å²) in [6.07, 6.45) is 3.01. The van der Waals surface area contributed by atoms with Gasteiger partial charge in [0.1, 0.15) is 11.5 Å². The van der Waals surface area contributed by atoms with Gasteiger partial charge in [-0.05, 0) is 43.3 Å². The van der Waals surface area contributed by atoms with Gasteiger partial charge in [-0.25, -0.2) is 18.9 Å². The van der Waals surface area contributed by atoms with Crippen molar-refractivity contribution in [2.24, 2.45) is 5.73 Å². The maximum atomic E-state index is 13.5. The topological polar surface area (TPSA) is 99.1 Å². The molecule has 0 bridgehead atoms. The van der Waals surface area contributed by atoms with E-state index in [-0.39, 0.29) is 17.2 Å². The second kappa shape index (κ2) is 5.99. The van der Waals surface area contributed by atoms with Crippen molar-refractivity contribution in [2.45, 2.75) is 6.92 Å². The van der Waals surface area contributed by atoms with Crippen molar-refractivity contribution in [1.82, 2.24) is 24.6 Å². The number of aromatic nitrogens is 5. The normalized spacial score (nSPS) is 11.0. The lowest BCUT2D eigenvalue weighted by molar-refractivity contribution is 0.0993. The highest BCUT2D eigenvalue weighted by atomic mass is 19.1. The predicted molar refractivity (Wildman–Crippen MR) is 92.7 cm³/mol. The van der Waals surface area contributed by atoms with Gasteiger partial charge in [-0.15, -0.1) is 0 Å². The molecule has 4 heterocycles. The van der Waals surface area contributed by atoms with Crippen molar-refractivity contribution >= 4 is 11.6 Å². The van der Waals surface area contributed by atoms with Gasteiger partial charge in [-0.3, -0.25) is 9.78 Å². The zero-order valence-corrected chi connectivity index (χ0v) is 13.7. The summed E-state index contributed by atoms with van der Waals surface area (Å²) in [4.78, 5) is 24.3. The Hall–Kier alpha value is -3.68. The van der Waals surface area contributed by atoms with Crippen molar-refractivity contribution in [1.29, 1.82) is 0 Å². The molecule has 0 saturated carbocycles. The van der Waals surface area contributed by atoms with Gasteiger partial charge in [0.25, 0.3) is 5.91 Å². The molecule has 7 nitrogen and oxygen atoms in total. The van der Waals surface area contributed by atoms with Gasteiger partial charge in [0.05, 0.1) is 29.0 Å². The van der Waals surface area contributed by atoms with Crippen LogP contribution in [0.5, 0.6) is 0 Å². The van der Waals surface area contributed by atoms with Gasteiger partial charge in [0, 0.05) is 11.8 Å². The van der Waals surface area contributed by atoms with Crippen LogP contribution >= 0.6 is 0 Å². The van der Waals surface area contributed by atoms with E-state index < -0.39 is 5.91 Å². The smallest absolute Gasteiger partial charge is 0.269 e. The van der Waals surface area contributed by atoms with Crippen molar-refractivity contribution < 1.29 is 9.18 Å². The molecule has 128 valence electrons. The predicted octanol–water partition coefficient (Wildman–Crippen LogP) is 2.40. The van der Waals surface area contributed by atoms with E-state index in [2.05, 4.69) is 20.1 Å². The molecule has 4 aromatic rings. The standard InChI is InChI=1S/C18H13FN6O/c1-10-12(19)4-5-14(23-10)17-11(3-2-8-21-17)13-6-7-16-22-9-15(18(20)26)25(16)24-13/h2-9H,1H3,(H2,20,26). The Morgan fingerprint density at radius 1 is 1.12 bits per heavy atom. The van der Waals surface area contributed by atoms with E-state index in [0.717, 1.165) is 0 Å². The van der Waals surface area contributed by atoms with Crippen LogP contribution < -0.4 is 5.73 Å². The van der Waals surface area contributed by atoms with Crippen LogP contribution in [0.25, 0.3) is 28.3 Å². The first-order valence-electron chi connectivity index (χ1n) is 7.78. The van der Waals surface area contributed by atoms with Crippen molar-refractivity contribution in [3.05, 3.63) is 66.0 Å². The monoisotopic (exact) mass is 348 g/mol. The second-order valence-electron chi connectivity index (χ2n) is 5.66. The molecule has 0 spiro atoms. The Kier molecular flexibility index (Phi) is 3.65. The number of nitrogens with two attached hydrogens (primary N) is 1. The highest BCUT2D eigenvalue weighted by Gasteiger charge is 2.15. The molecule has 0 unspecified atom stereocenters. The van der Waals surface area contributed by atoms with Crippen LogP contribution in [0, 0.1) is 12.7 Å². The fraction of sp³-hybridized carbons (Fsp3) is 0.0556. The third-order valence-electron chi connectivity index (χ3n) is 3.96. The number of primary amides is 1. The number of aryl methyl sites for hydroxylation is 1. The third-order valence-corrected chi connectivity index (χ3v) is 3.96. The second-order valence-corrected chi connectivity index (χ2v) is 5.66. The van der Waals surface area contributed by atoms with E-state index in [1.807, 2.05) is 6.07 Å². The van der Waals surface area contributed by atoms with Crippen LogP contribution in [-0.4, -0.2) is 30.5 Å². The highest BCUT2D eigenvalue weighted by Crippen LogP contribution is 2.28. The highest BCUT2D eigenvalue weighted by molar-refractivity contribution is 5.91. The zero-order chi connectivity index (χ0) is 18.3. The number of pyridine rings is 2. The average Bonchev–Trinajstić information content (AvgIpc) is 3.07. The van der Waals surface area contributed by atoms with Gasteiger partial charge in [0.2, 0.25) is 0 Å². The maximum absolute atomic E-state index is 13.5. The molecule has 26 heavy (non-hydrogen) atoms. The number of hydrogen-bond acceptors (Lipinski definition) is 5. The number of imidazole rings is 1. The zero-order valence-electron chi connectivity index (χ0n) is 13.7. The first-order chi connectivity index (χ1) is 12.5. The van der Waals surface area contributed by atoms with Crippen molar-refractivity contribution in [3.63, 3.8) is 0 Å². The molecule has 0 atom stereocenters. The Labute approximate surface area is 147 Å². The SMILES string of the molecule is Cc1nc(-c2ncccc2-c2ccc3ncc(C(N)=O)n3n2)ccc1F. The maximum Gasteiger partial charge on any atom is 0.269 e. The van der Waals surface area contributed by atoms with Crippen LogP contribution in [-0.2, 0) is 0 Å². The van der Waals surface area contributed by atoms with Gasteiger partial charge in [0.15, 0.2) is 5.65 Å². The van der Waals surface area contributed by atoms with E-state index in [4.69, 9.17) is 5.73 Å². The third kappa shape index (κ3) is 2.57. The van der Waals surface area contributed by atoms with E-state index in [0.29, 0.717) is 28.3 Å². The van der Waals surface area contributed by atoms with Crippen LogP contribution in [0.15, 0.2) is 48.8 Å². The number of amides is 1. The lowest BCUT2D eigenvalue weighted by atomic mass is 10.1. The number of carbonyl (C=O) groups excluding carboxylic acids is 1. The minimum atomic E-state index is -0.621. The molecule has 4 rings (SSSR count). The molecule has 0 saturated heterocycles. The molecule has 0 fully saturated rings. The first-order valence-corrected chi connectivity index (χ1v) is 7.78. The summed E-state index contributed by atoms with van der Waals surface area (Å²) >= 11 is 0. The number of fused-ring (bicyclic) bond motifs is 1. The Bertz CT molecular complexity index is 1150. The largest absolute Gasteiger partial charge is 0.364 e. The van der Waals surface area contributed by atoms with Gasteiger partial charge in [-0.1, -0.05) is 0 Å². The lowest BCUT2D eigenvalue weighted by Crippen LogP contribution is -2.15. The van der Waals surface area contributed by atoms with Crippen LogP contribution in [0.2, 0.25) is 0 Å². The van der Waals surface area contributed by atoms with Gasteiger partial charge >= 0.3 is 0 Å². The van der Waals surface area contributed by atoms with E-state index in [9.17, 15) is 9.18 Å². The average molecular weight is 348 g/mol. The van der Waals surface area contributed by atoms with Crippen molar-refractivity contribution in [2.75, 3.05) is 0 Å². The summed E-state index contributed by atoms with van der Waals surface area (Å²) in [5.41, 5.74) is 8.68. The molecule has 0 radical (unpaired) electrons. The summed E-state index contributed by atoms with van der Waals surface area (Å²) in [5.74, 6) is -1.00. The number of nitrogens with zero attached hydrogens (tertiary/aromatic N) is 5. The Morgan fingerprint density at radius 3 is 2.69 bits per heavy atom. The Morgan fingerprint density at radius 2 is 1.92 bits per heavy atom. The molecule has 0 aromatic carbocycles. The molecular weight excluding hydrogens is 335 g/mol. The Balaban J connectivity index is 1.91. The first kappa shape index (κ1) is 15.8. The minimum Gasteiger partial charge on any atom is -0.364 e.